The summed E-state index contributed by atoms with van der Waals surface area (Å²) in [6.45, 7) is 30.1. The van der Waals surface area contributed by atoms with E-state index in [9.17, 15) is 0 Å². The third-order valence-corrected chi connectivity index (χ3v) is 18.0. The molecule has 0 radical (unpaired) electrons. The smallest absolute Gasteiger partial charge is 0.192 e. The van der Waals surface area contributed by atoms with Crippen molar-refractivity contribution in [1.82, 2.24) is 0 Å². The molecule has 220 valence electrons. The lowest BCUT2D eigenvalue weighted by atomic mass is 10.1. The van der Waals surface area contributed by atoms with Crippen LogP contribution in [0.1, 0.15) is 69.2 Å². The van der Waals surface area contributed by atoms with Gasteiger partial charge in [-0.2, -0.15) is 0 Å². The molecule has 0 bridgehead atoms. The molecule has 0 aromatic heterocycles. The Kier molecular flexibility index (Phi) is 7.87. The topological polar surface area (TPSA) is 73.8 Å². The molecule has 0 N–H and O–H groups in total. The Morgan fingerprint density at radius 2 is 0.895 bits per heavy atom. The second-order valence-electron chi connectivity index (χ2n) is 15.2. The fraction of sp³-hybridized carbons (Fsp3) is 0.929. The highest BCUT2D eigenvalue weighted by Crippen LogP contribution is 2.46. The summed E-state index contributed by atoms with van der Waals surface area (Å²) in [5.41, 5.74) is 0. The molecule has 4 aliphatic heterocycles. The van der Waals surface area contributed by atoms with Gasteiger partial charge in [-0.05, 0) is 64.0 Å². The largest absolute Gasteiger partial charge is 0.408 e. The molecule has 4 fully saturated rings. The second kappa shape index (κ2) is 9.71. The summed E-state index contributed by atoms with van der Waals surface area (Å²) in [5.74, 6) is -1.43. The van der Waals surface area contributed by atoms with Crippen LogP contribution < -0.4 is 0 Å². The van der Waals surface area contributed by atoms with Crippen molar-refractivity contribution in [2.75, 3.05) is 0 Å². The fourth-order valence-electron chi connectivity index (χ4n) is 4.84. The highest BCUT2D eigenvalue weighted by molar-refractivity contribution is 6.74. The maximum Gasteiger partial charge on any atom is 0.192 e. The van der Waals surface area contributed by atoms with E-state index in [-0.39, 0.29) is 46.7 Å². The van der Waals surface area contributed by atoms with E-state index in [2.05, 4.69) is 67.7 Å². The van der Waals surface area contributed by atoms with E-state index in [1.54, 1.807) is 0 Å². The average Bonchev–Trinajstić information content (AvgIpc) is 3.36. The van der Waals surface area contributed by atoms with Crippen molar-refractivity contribution in [3.63, 3.8) is 0 Å². The fourth-order valence-corrected chi connectivity index (χ4v) is 7.44. The summed E-state index contributed by atoms with van der Waals surface area (Å²) in [6, 6.07) is 0. The Hall–Kier alpha value is -0.146. The first-order valence-electron chi connectivity index (χ1n) is 14.1. The second-order valence-corrected chi connectivity index (χ2v) is 24.7. The van der Waals surface area contributed by atoms with Crippen LogP contribution in [0.3, 0.4) is 0 Å². The summed E-state index contributed by atoms with van der Waals surface area (Å²) in [6.07, 6.45) is 1.25. The number of ether oxygens (including phenoxy) is 6. The summed E-state index contributed by atoms with van der Waals surface area (Å²) < 4.78 is 51.3. The molecule has 0 unspecified atom stereocenters. The van der Waals surface area contributed by atoms with Gasteiger partial charge in [0.05, 0.1) is 0 Å². The van der Waals surface area contributed by atoms with E-state index in [1.807, 2.05) is 39.8 Å². The Morgan fingerprint density at radius 1 is 0.579 bits per heavy atom. The molecule has 4 aliphatic rings. The molecule has 4 heterocycles. The lowest BCUT2D eigenvalue weighted by Gasteiger charge is -2.40. The molecule has 0 saturated carbocycles. The van der Waals surface area contributed by atoms with E-state index in [1.165, 1.54) is 0 Å². The minimum absolute atomic E-state index is 0.0456. The Morgan fingerprint density at radius 3 is 1.18 bits per heavy atom. The van der Waals surface area contributed by atoms with Crippen molar-refractivity contribution >= 4 is 16.6 Å². The van der Waals surface area contributed by atoms with Gasteiger partial charge in [-0.25, -0.2) is 0 Å². The summed E-state index contributed by atoms with van der Waals surface area (Å²) in [7, 11) is -4.24. The molecule has 10 heteroatoms. The summed E-state index contributed by atoms with van der Waals surface area (Å²) >= 11 is 0. The van der Waals surface area contributed by atoms with Gasteiger partial charge in [0.25, 0.3) is 0 Å². The molecule has 0 spiro atoms. The zero-order valence-electron chi connectivity index (χ0n) is 26.0. The molecule has 0 aromatic rings. The lowest BCUT2D eigenvalue weighted by Crippen LogP contribution is -2.50. The number of hydrogen-bond donors (Lipinski definition) is 0. The summed E-state index contributed by atoms with van der Waals surface area (Å²) in [5, 5.41) is 0.0911. The third kappa shape index (κ3) is 6.05. The van der Waals surface area contributed by atoms with Gasteiger partial charge in [-0.1, -0.05) is 53.7 Å². The van der Waals surface area contributed by atoms with E-state index in [0.717, 1.165) is 0 Å². The number of rotatable bonds is 6. The molecule has 0 aromatic carbocycles. The minimum atomic E-state index is -2.12. The van der Waals surface area contributed by atoms with E-state index < -0.39 is 40.8 Å². The van der Waals surface area contributed by atoms with E-state index in [0.29, 0.717) is 0 Å². The zero-order chi connectivity index (χ0) is 28.7. The lowest BCUT2D eigenvalue weighted by molar-refractivity contribution is -0.210. The minimum Gasteiger partial charge on any atom is -0.408 e. The standard InChI is InChI=1S/C28H52O8Si2/c1-25(2,3)37(11,12)35-19-17(29-23-21(19)31-27(7,8)33-23)15-16-18-20(36-38(13,14)26(4,5)6)22-24(30-18)34-28(9,10)32-22/h15-24H,1-14H3/b16-15-/t17-,18-,19+,20+,21-,22-,23-,24-/m1/s1. The van der Waals surface area contributed by atoms with E-state index >= 15 is 0 Å². The SMILES string of the molecule is CC1(C)O[C@H]2O[C@H](/C=C\[C@H]3O[C@@H]4OC(C)(C)O[C@@H]4[C@H]3O[Si](C)(C)C(C)(C)C)[C@H](O[Si](C)(C)C(C)(C)C)[C@H]2O1. The van der Waals surface area contributed by atoms with Crippen LogP contribution >= 0.6 is 0 Å². The third-order valence-electron chi connectivity index (χ3n) is 9.02. The number of hydrogen-bond acceptors (Lipinski definition) is 8. The van der Waals surface area contributed by atoms with Crippen LogP contribution in [0.4, 0.5) is 0 Å². The van der Waals surface area contributed by atoms with Crippen molar-refractivity contribution in [2.24, 2.45) is 0 Å². The van der Waals surface area contributed by atoms with Crippen LogP contribution in [0, 0.1) is 0 Å². The van der Waals surface area contributed by atoms with Crippen LogP contribution in [0.2, 0.25) is 36.3 Å². The Balaban J connectivity index is 1.58. The molecule has 4 saturated heterocycles. The van der Waals surface area contributed by atoms with Gasteiger partial charge in [0.2, 0.25) is 0 Å². The van der Waals surface area contributed by atoms with Gasteiger partial charge in [-0.15, -0.1) is 0 Å². The van der Waals surface area contributed by atoms with Crippen molar-refractivity contribution in [3.8, 4) is 0 Å². The molecule has 8 nitrogen and oxygen atoms in total. The summed E-state index contributed by atoms with van der Waals surface area (Å²) in [4.78, 5) is 0. The molecule has 38 heavy (non-hydrogen) atoms. The van der Waals surface area contributed by atoms with Crippen LogP contribution in [0.25, 0.3) is 0 Å². The highest BCUT2D eigenvalue weighted by Gasteiger charge is 2.59. The van der Waals surface area contributed by atoms with Crippen LogP contribution in [-0.2, 0) is 37.3 Å². The van der Waals surface area contributed by atoms with Crippen LogP contribution in [0.15, 0.2) is 12.2 Å². The first-order chi connectivity index (χ1) is 17.0. The first-order valence-corrected chi connectivity index (χ1v) is 19.9. The van der Waals surface area contributed by atoms with Gasteiger partial charge in [-0.3, -0.25) is 0 Å². The quantitative estimate of drug-likeness (QED) is 0.280. The van der Waals surface area contributed by atoms with Gasteiger partial charge >= 0.3 is 0 Å². The van der Waals surface area contributed by atoms with Gasteiger partial charge in [0.1, 0.15) is 36.6 Å². The predicted molar refractivity (Wildman–Crippen MR) is 151 cm³/mol. The zero-order valence-corrected chi connectivity index (χ0v) is 28.0. The highest BCUT2D eigenvalue weighted by atomic mass is 28.4. The van der Waals surface area contributed by atoms with Crippen LogP contribution in [0.5, 0.6) is 0 Å². The first kappa shape index (κ1) is 30.8. The maximum absolute atomic E-state index is 6.90. The Labute approximate surface area is 232 Å². The molecule has 0 aliphatic carbocycles. The van der Waals surface area contributed by atoms with Gasteiger partial charge in [0, 0.05) is 0 Å². The maximum atomic E-state index is 6.90. The molecule has 4 rings (SSSR count). The van der Waals surface area contributed by atoms with Crippen molar-refractivity contribution in [3.05, 3.63) is 12.2 Å². The number of fused-ring (bicyclic) bond motifs is 2. The molecule has 0 amide bonds. The monoisotopic (exact) mass is 572 g/mol. The van der Waals surface area contributed by atoms with Crippen molar-refractivity contribution < 1.29 is 37.3 Å². The average molecular weight is 573 g/mol. The van der Waals surface area contributed by atoms with E-state index in [4.69, 9.17) is 37.3 Å². The van der Waals surface area contributed by atoms with Gasteiger partial charge < -0.3 is 37.3 Å². The molecule has 8 atom stereocenters. The van der Waals surface area contributed by atoms with Crippen molar-refractivity contribution in [2.45, 2.75) is 166 Å². The predicted octanol–water partition coefficient (Wildman–Crippen LogP) is 6.08. The Bertz CT molecular complexity index is 832. The van der Waals surface area contributed by atoms with Crippen LogP contribution in [-0.4, -0.2) is 77.4 Å². The molecular formula is C28H52O8Si2. The normalized spacial score (nSPS) is 39.2. The van der Waals surface area contributed by atoms with Gasteiger partial charge in [0.15, 0.2) is 40.8 Å². The molecular weight excluding hydrogens is 520 g/mol. The van der Waals surface area contributed by atoms with Crippen molar-refractivity contribution in [1.29, 1.82) is 0 Å².